The molecule has 0 amide bonds. The molecule has 1 aromatic carbocycles. The Labute approximate surface area is 129 Å². The Morgan fingerprint density at radius 1 is 1.10 bits per heavy atom. The molecule has 0 aliphatic carbocycles. The van der Waals surface area contributed by atoms with E-state index in [0.29, 0.717) is 0 Å². The molecule has 0 saturated carbocycles. The van der Waals surface area contributed by atoms with Gasteiger partial charge in [0.2, 0.25) is 0 Å². The van der Waals surface area contributed by atoms with Crippen molar-refractivity contribution in [3.8, 4) is 0 Å². The van der Waals surface area contributed by atoms with Gasteiger partial charge in [-0.25, -0.2) is 0 Å². The topological polar surface area (TPSA) is 75.0 Å². The SMILES string of the molecule is N[I-]CNNNC(Cc1ccncc1)c1ccccc1. The molecule has 1 aromatic heterocycles. The monoisotopic (exact) mass is 384 g/mol. The molecule has 0 aliphatic rings. The fourth-order valence-electron chi connectivity index (χ4n) is 1.90. The molecule has 0 fully saturated rings. The van der Waals surface area contributed by atoms with E-state index in [9.17, 15) is 0 Å². The average Bonchev–Trinajstić information content (AvgIpc) is 2.52. The molecule has 108 valence electrons. The molecule has 20 heavy (non-hydrogen) atoms. The molecule has 2 rings (SSSR count). The Hall–Kier alpha value is -1.06. The first-order chi connectivity index (χ1) is 9.90. The third kappa shape index (κ3) is 5.14. The summed E-state index contributed by atoms with van der Waals surface area (Å²) >= 11 is -0.251. The second-order valence-corrected chi connectivity index (χ2v) is 5.90. The van der Waals surface area contributed by atoms with Gasteiger partial charge in [0.05, 0.1) is 0 Å². The van der Waals surface area contributed by atoms with Crippen LogP contribution in [0.15, 0.2) is 54.9 Å². The van der Waals surface area contributed by atoms with Crippen LogP contribution in [0.2, 0.25) is 0 Å². The van der Waals surface area contributed by atoms with Crippen molar-refractivity contribution in [1.82, 2.24) is 21.4 Å². The van der Waals surface area contributed by atoms with E-state index in [0.717, 1.165) is 11.0 Å². The molecule has 0 aliphatic heterocycles. The van der Waals surface area contributed by atoms with E-state index in [-0.39, 0.29) is 27.5 Å². The fourth-order valence-corrected chi connectivity index (χ4v) is 2.31. The molecule has 0 radical (unpaired) electrons. The molecule has 1 atom stereocenters. The number of nitrogens with one attached hydrogen (secondary N) is 3. The zero-order valence-electron chi connectivity index (χ0n) is 11.1. The number of hydrazine groups is 2. The number of alkyl halides is 1. The van der Waals surface area contributed by atoms with Crippen LogP contribution in [0.25, 0.3) is 0 Å². The Balaban J connectivity index is 2.00. The van der Waals surface area contributed by atoms with Crippen molar-refractivity contribution in [2.24, 2.45) is 3.95 Å². The van der Waals surface area contributed by atoms with Crippen LogP contribution in [-0.2, 0) is 6.42 Å². The van der Waals surface area contributed by atoms with Crippen LogP contribution in [-0.4, -0.2) is 9.54 Å². The van der Waals surface area contributed by atoms with E-state index in [1.54, 1.807) is 0 Å². The summed E-state index contributed by atoms with van der Waals surface area (Å²) in [6, 6.07) is 14.6. The first-order valence-electron chi connectivity index (χ1n) is 6.35. The molecular formula is C14H19IN5-. The predicted octanol–water partition coefficient (Wildman–Crippen LogP) is -2.12. The van der Waals surface area contributed by atoms with E-state index in [4.69, 9.17) is 3.95 Å². The van der Waals surface area contributed by atoms with Crippen LogP contribution in [0.4, 0.5) is 0 Å². The van der Waals surface area contributed by atoms with E-state index in [1.807, 2.05) is 30.6 Å². The second kappa shape index (κ2) is 8.98. The summed E-state index contributed by atoms with van der Waals surface area (Å²) in [4.78, 5) is 4.05. The number of benzene rings is 1. The molecule has 1 heterocycles. The molecule has 0 spiro atoms. The normalized spacial score (nSPS) is 12.4. The Bertz CT molecular complexity index is 479. The van der Waals surface area contributed by atoms with E-state index < -0.39 is 0 Å². The quantitative estimate of drug-likeness (QED) is 0.105. The zero-order chi connectivity index (χ0) is 14.0. The van der Waals surface area contributed by atoms with Crippen molar-refractivity contribution < 1.29 is 21.5 Å². The van der Waals surface area contributed by atoms with E-state index in [2.05, 4.69) is 45.6 Å². The van der Waals surface area contributed by atoms with Gasteiger partial charge in [-0.15, -0.1) is 0 Å². The number of pyridine rings is 1. The molecule has 0 bridgehead atoms. The van der Waals surface area contributed by atoms with Gasteiger partial charge in [-0.3, -0.25) is 0 Å². The molecule has 5 N–H and O–H groups in total. The van der Waals surface area contributed by atoms with Gasteiger partial charge in [0.15, 0.2) is 0 Å². The summed E-state index contributed by atoms with van der Waals surface area (Å²) in [7, 11) is 0. The van der Waals surface area contributed by atoms with Crippen LogP contribution in [0, 0.1) is 0 Å². The number of aromatic nitrogens is 1. The van der Waals surface area contributed by atoms with Crippen LogP contribution in [0.3, 0.4) is 0 Å². The second-order valence-electron chi connectivity index (χ2n) is 4.26. The Morgan fingerprint density at radius 3 is 2.55 bits per heavy atom. The van der Waals surface area contributed by atoms with Crippen LogP contribution in [0.5, 0.6) is 0 Å². The summed E-state index contributed by atoms with van der Waals surface area (Å²) in [5.41, 5.74) is 11.9. The number of halogens is 1. The molecule has 2 aromatic rings. The van der Waals surface area contributed by atoms with Crippen molar-refractivity contribution in [3.05, 3.63) is 66.0 Å². The molecule has 0 saturated heterocycles. The minimum atomic E-state index is -0.251. The van der Waals surface area contributed by atoms with Crippen molar-refractivity contribution >= 4 is 0 Å². The minimum absolute atomic E-state index is 0.182. The van der Waals surface area contributed by atoms with Gasteiger partial charge in [0, 0.05) is 0 Å². The Kier molecular flexibility index (Phi) is 6.89. The average molecular weight is 384 g/mol. The molecular weight excluding hydrogens is 365 g/mol. The van der Waals surface area contributed by atoms with Crippen molar-refractivity contribution in [2.75, 3.05) is 4.55 Å². The van der Waals surface area contributed by atoms with Gasteiger partial charge >= 0.3 is 130 Å². The predicted molar refractivity (Wildman–Crippen MR) is 75.6 cm³/mol. The Morgan fingerprint density at radius 2 is 1.85 bits per heavy atom. The first kappa shape index (κ1) is 15.3. The molecule has 6 heteroatoms. The third-order valence-corrected chi connectivity index (χ3v) is 3.69. The summed E-state index contributed by atoms with van der Waals surface area (Å²) in [6.07, 6.45) is 4.53. The van der Waals surface area contributed by atoms with Crippen molar-refractivity contribution in [2.45, 2.75) is 12.5 Å². The van der Waals surface area contributed by atoms with Crippen LogP contribution >= 0.6 is 0 Å². The fraction of sp³-hybridized carbons (Fsp3) is 0.214. The first-order valence-corrected chi connectivity index (χ1v) is 9.12. The van der Waals surface area contributed by atoms with Crippen molar-refractivity contribution in [3.63, 3.8) is 0 Å². The molecule has 5 nitrogen and oxygen atoms in total. The number of hydrogen-bond donors (Lipinski definition) is 4. The maximum atomic E-state index is 5.55. The maximum absolute atomic E-state index is 5.55. The number of rotatable bonds is 8. The van der Waals surface area contributed by atoms with E-state index >= 15 is 0 Å². The third-order valence-electron chi connectivity index (χ3n) is 2.87. The number of nitrogens with zero attached hydrogens (tertiary/aromatic N) is 1. The number of hydrogen-bond acceptors (Lipinski definition) is 5. The molecule has 1 unspecified atom stereocenters. The standard InChI is InChI=1S/C14H19IN5/c16-15-11-18-20-19-14(13-4-2-1-3-5-13)10-12-6-8-17-9-7-12/h1-9,14,18-20H,10-11,16H2/q-1. The van der Waals surface area contributed by atoms with Gasteiger partial charge in [0.25, 0.3) is 0 Å². The summed E-state index contributed by atoms with van der Waals surface area (Å²) < 4.78 is 6.37. The number of nitrogens with two attached hydrogens (primary N) is 1. The van der Waals surface area contributed by atoms with Crippen LogP contribution < -0.4 is 41.8 Å². The summed E-state index contributed by atoms with van der Waals surface area (Å²) in [6.45, 7) is 0. The van der Waals surface area contributed by atoms with Gasteiger partial charge in [0.1, 0.15) is 0 Å². The van der Waals surface area contributed by atoms with Gasteiger partial charge in [-0.1, -0.05) is 0 Å². The van der Waals surface area contributed by atoms with Gasteiger partial charge in [-0.05, 0) is 0 Å². The van der Waals surface area contributed by atoms with Crippen LogP contribution in [0.1, 0.15) is 17.2 Å². The van der Waals surface area contributed by atoms with Crippen molar-refractivity contribution in [1.29, 1.82) is 0 Å². The zero-order valence-corrected chi connectivity index (χ0v) is 13.2. The van der Waals surface area contributed by atoms with E-state index in [1.165, 1.54) is 11.1 Å². The summed E-state index contributed by atoms with van der Waals surface area (Å²) in [5, 5.41) is 0. The van der Waals surface area contributed by atoms with Gasteiger partial charge < -0.3 is 0 Å². The summed E-state index contributed by atoms with van der Waals surface area (Å²) in [5.74, 6) is 0. The van der Waals surface area contributed by atoms with Gasteiger partial charge in [-0.2, -0.15) is 0 Å².